The van der Waals surface area contributed by atoms with Crippen molar-refractivity contribution in [2.75, 3.05) is 26.2 Å². The van der Waals surface area contributed by atoms with Gasteiger partial charge in [-0.25, -0.2) is 4.79 Å². The van der Waals surface area contributed by atoms with E-state index < -0.39 is 5.97 Å². The van der Waals surface area contributed by atoms with Crippen LogP contribution in [0.4, 0.5) is 4.79 Å². The van der Waals surface area contributed by atoms with Gasteiger partial charge >= 0.3 is 12.0 Å². The van der Waals surface area contributed by atoms with Crippen LogP contribution in [0.25, 0.3) is 0 Å². The van der Waals surface area contributed by atoms with Gasteiger partial charge in [0.15, 0.2) is 0 Å². The highest BCUT2D eigenvalue weighted by atomic mass is 16.4. The highest BCUT2D eigenvalue weighted by Crippen LogP contribution is 1.99. The Labute approximate surface area is 95.8 Å². The third kappa shape index (κ3) is 7.05. The van der Waals surface area contributed by atoms with Gasteiger partial charge < -0.3 is 21.1 Å². The molecular formula is C10H21N3O3. The lowest BCUT2D eigenvalue weighted by Crippen LogP contribution is -2.44. The molecule has 0 atom stereocenters. The molecule has 0 unspecified atom stereocenters. The zero-order valence-corrected chi connectivity index (χ0v) is 9.90. The van der Waals surface area contributed by atoms with E-state index in [9.17, 15) is 9.59 Å². The summed E-state index contributed by atoms with van der Waals surface area (Å²) in [4.78, 5) is 23.5. The summed E-state index contributed by atoms with van der Waals surface area (Å²) >= 11 is 0. The van der Waals surface area contributed by atoms with Crippen molar-refractivity contribution in [1.82, 2.24) is 10.2 Å². The number of nitrogens with two attached hydrogens (primary N) is 1. The quantitative estimate of drug-likeness (QED) is 0.541. The maximum Gasteiger partial charge on any atom is 0.323 e. The fourth-order valence-corrected chi connectivity index (χ4v) is 1.23. The average molecular weight is 231 g/mol. The van der Waals surface area contributed by atoms with Gasteiger partial charge in [-0.2, -0.15) is 0 Å². The molecule has 6 nitrogen and oxygen atoms in total. The maximum absolute atomic E-state index is 11.6. The lowest BCUT2D eigenvalue weighted by atomic mass is 10.2. The highest BCUT2D eigenvalue weighted by molar-refractivity contribution is 5.80. The normalized spacial score (nSPS) is 10.2. The van der Waals surface area contributed by atoms with Crippen LogP contribution < -0.4 is 11.1 Å². The van der Waals surface area contributed by atoms with Crippen molar-refractivity contribution < 1.29 is 14.7 Å². The predicted octanol–water partition coefficient (Wildman–Crippen LogP) is 0.0874. The van der Waals surface area contributed by atoms with Crippen molar-refractivity contribution in [3.8, 4) is 0 Å². The third-order valence-corrected chi connectivity index (χ3v) is 1.86. The number of carboxylic acid groups (broad SMARTS) is 1. The van der Waals surface area contributed by atoms with Gasteiger partial charge in [0.25, 0.3) is 0 Å². The summed E-state index contributed by atoms with van der Waals surface area (Å²) in [6.07, 6.45) is 0.689. The van der Waals surface area contributed by atoms with Gasteiger partial charge in [-0.05, 0) is 18.9 Å². The van der Waals surface area contributed by atoms with E-state index in [0.717, 1.165) is 0 Å². The molecule has 2 amide bonds. The molecule has 0 aromatic heterocycles. The van der Waals surface area contributed by atoms with Crippen molar-refractivity contribution >= 4 is 12.0 Å². The molecule has 0 bridgehead atoms. The van der Waals surface area contributed by atoms with Gasteiger partial charge in [0, 0.05) is 13.1 Å². The Bertz CT molecular complexity index is 231. The second-order valence-corrected chi connectivity index (χ2v) is 4.04. The molecule has 0 aliphatic carbocycles. The van der Waals surface area contributed by atoms with E-state index in [1.807, 2.05) is 13.8 Å². The van der Waals surface area contributed by atoms with E-state index in [0.29, 0.717) is 26.1 Å². The molecule has 0 saturated heterocycles. The molecule has 0 spiro atoms. The molecule has 0 saturated carbocycles. The first-order valence-electron chi connectivity index (χ1n) is 5.42. The summed E-state index contributed by atoms with van der Waals surface area (Å²) < 4.78 is 0. The Kier molecular flexibility index (Phi) is 7.28. The van der Waals surface area contributed by atoms with E-state index in [2.05, 4.69) is 5.32 Å². The Morgan fingerprint density at radius 2 is 2.06 bits per heavy atom. The second-order valence-electron chi connectivity index (χ2n) is 4.04. The molecule has 6 heteroatoms. The molecule has 16 heavy (non-hydrogen) atoms. The number of rotatable bonds is 7. The zero-order chi connectivity index (χ0) is 12.6. The first-order valence-corrected chi connectivity index (χ1v) is 5.42. The zero-order valence-electron chi connectivity index (χ0n) is 9.90. The number of carbonyl (C=O) groups excluding carboxylic acids is 1. The Hall–Kier alpha value is -1.30. The van der Waals surface area contributed by atoms with Gasteiger partial charge in [-0.3, -0.25) is 4.79 Å². The topological polar surface area (TPSA) is 95.7 Å². The number of nitrogens with one attached hydrogen (secondary N) is 1. The number of amides is 2. The number of urea groups is 1. The summed E-state index contributed by atoms with van der Waals surface area (Å²) in [5.74, 6) is -0.769. The third-order valence-electron chi connectivity index (χ3n) is 1.86. The Morgan fingerprint density at radius 3 is 2.50 bits per heavy atom. The molecule has 0 aliphatic heterocycles. The molecule has 0 rings (SSSR count). The van der Waals surface area contributed by atoms with E-state index in [1.54, 1.807) is 0 Å². The van der Waals surface area contributed by atoms with Crippen LogP contribution in [0.15, 0.2) is 0 Å². The number of nitrogens with zero attached hydrogens (tertiary/aromatic N) is 1. The van der Waals surface area contributed by atoms with E-state index in [1.165, 1.54) is 4.90 Å². The summed E-state index contributed by atoms with van der Waals surface area (Å²) in [6, 6.07) is -0.343. The Morgan fingerprint density at radius 1 is 1.44 bits per heavy atom. The van der Waals surface area contributed by atoms with Crippen molar-refractivity contribution in [1.29, 1.82) is 0 Å². The summed E-state index contributed by atoms with van der Waals surface area (Å²) in [7, 11) is 0. The SMILES string of the molecule is CC(C)CN(CC(=O)O)C(=O)NCCCN. The van der Waals surface area contributed by atoms with Crippen molar-refractivity contribution in [3.05, 3.63) is 0 Å². The van der Waals surface area contributed by atoms with Crippen molar-refractivity contribution in [2.45, 2.75) is 20.3 Å². The van der Waals surface area contributed by atoms with Crippen molar-refractivity contribution in [2.24, 2.45) is 11.7 Å². The monoisotopic (exact) mass is 231 g/mol. The van der Waals surface area contributed by atoms with Crippen LogP contribution in [0.1, 0.15) is 20.3 Å². The highest BCUT2D eigenvalue weighted by Gasteiger charge is 2.16. The largest absolute Gasteiger partial charge is 0.480 e. The van der Waals surface area contributed by atoms with Crippen LogP contribution in [-0.2, 0) is 4.79 Å². The number of hydrogen-bond donors (Lipinski definition) is 3. The summed E-state index contributed by atoms with van der Waals surface area (Å²) in [5, 5.41) is 11.3. The molecule has 0 aliphatic rings. The molecular weight excluding hydrogens is 210 g/mol. The van der Waals surface area contributed by atoms with E-state index in [-0.39, 0.29) is 18.5 Å². The van der Waals surface area contributed by atoms with Crippen LogP contribution in [0.2, 0.25) is 0 Å². The van der Waals surface area contributed by atoms with Crippen LogP contribution in [0.5, 0.6) is 0 Å². The van der Waals surface area contributed by atoms with Gasteiger partial charge in [0.05, 0.1) is 0 Å². The van der Waals surface area contributed by atoms with Crippen LogP contribution in [0.3, 0.4) is 0 Å². The van der Waals surface area contributed by atoms with E-state index >= 15 is 0 Å². The Balaban J connectivity index is 4.15. The lowest BCUT2D eigenvalue weighted by molar-refractivity contribution is -0.137. The smallest absolute Gasteiger partial charge is 0.323 e. The predicted molar refractivity (Wildman–Crippen MR) is 61.1 cm³/mol. The number of carboxylic acids is 1. The summed E-state index contributed by atoms with van der Waals surface area (Å²) in [6.45, 7) is 5.00. The van der Waals surface area contributed by atoms with Crippen LogP contribution in [0, 0.1) is 5.92 Å². The van der Waals surface area contributed by atoms with Crippen LogP contribution >= 0.6 is 0 Å². The van der Waals surface area contributed by atoms with E-state index in [4.69, 9.17) is 10.8 Å². The summed E-state index contributed by atoms with van der Waals surface area (Å²) in [5.41, 5.74) is 5.29. The number of aliphatic carboxylic acids is 1. The number of carbonyl (C=O) groups is 2. The molecule has 0 fully saturated rings. The van der Waals surface area contributed by atoms with Crippen LogP contribution in [-0.4, -0.2) is 48.2 Å². The maximum atomic E-state index is 11.6. The first kappa shape index (κ1) is 14.7. The van der Waals surface area contributed by atoms with Crippen molar-refractivity contribution in [3.63, 3.8) is 0 Å². The fraction of sp³-hybridized carbons (Fsp3) is 0.800. The van der Waals surface area contributed by atoms with Gasteiger partial charge in [-0.15, -0.1) is 0 Å². The molecule has 0 aromatic carbocycles. The molecule has 94 valence electrons. The fourth-order valence-electron chi connectivity index (χ4n) is 1.23. The minimum atomic E-state index is -1.00. The average Bonchev–Trinajstić information content (AvgIpc) is 2.15. The first-order chi connectivity index (χ1) is 7.47. The molecule has 0 aromatic rings. The van der Waals surface area contributed by atoms with Gasteiger partial charge in [0.2, 0.25) is 0 Å². The molecule has 0 heterocycles. The minimum Gasteiger partial charge on any atom is -0.480 e. The minimum absolute atomic E-state index is 0.236. The second kappa shape index (κ2) is 7.92. The molecule has 0 radical (unpaired) electrons. The lowest BCUT2D eigenvalue weighted by Gasteiger charge is -2.22. The number of hydrogen-bond acceptors (Lipinski definition) is 3. The van der Waals surface area contributed by atoms with Gasteiger partial charge in [0.1, 0.15) is 6.54 Å². The van der Waals surface area contributed by atoms with Gasteiger partial charge in [-0.1, -0.05) is 13.8 Å². The molecule has 4 N–H and O–H groups in total. The standard InChI is InChI=1S/C10H21N3O3/c1-8(2)6-13(7-9(14)15)10(16)12-5-3-4-11/h8H,3-7,11H2,1-2H3,(H,12,16)(H,14,15).